The lowest BCUT2D eigenvalue weighted by Crippen LogP contribution is -2.37. The minimum absolute atomic E-state index is 0.316. The van der Waals surface area contributed by atoms with Gasteiger partial charge in [0.05, 0.1) is 23.6 Å². The van der Waals surface area contributed by atoms with Crippen LogP contribution in [0.4, 0.5) is 5.69 Å². The first-order chi connectivity index (χ1) is 9.69. The van der Waals surface area contributed by atoms with Gasteiger partial charge in [-0.1, -0.05) is 11.6 Å². The molecule has 11 heteroatoms. The van der Waals surface area contributed by atoms with Crippen molar-refractivity contribution in [2.45, 2.75) is 4.90 Å². The summed E-state index contributed by atoms with van der Waals surface area (Å²) in [6.45, 7) is -0.542. The number of nitro groups is 1. The molecule has 1 aromatic carbocycles. The van der Waals surface area contributed by atoms with Crippen molar-refractivity contribution in [2.24, 2.45) is 0 Å². The molecule has 0 saturated carbocycles. The van der Waals surface area contributed by atoms with E-state index in [-0.39, 0.29) is 15.6 Å². The maximum atomic E-state index is 12.0. The highest BCUT2D eigenvalue weighted by Gasteiger charge is 2.22. The lowest BCUT2D eigenvalue weighted by Gasteiger charge is -2.14. The number of hydroxylamine groups is 2. The van der Waals surface area contributed by atoms with Crippen molar-refractivity contribution in [3.05, 3.63) is 33.3 Å². The van der Waals surface area contributed by atoms with Crippen LogP contribution in [0.1, 0.15) is 0 Å². The number of hydrogen-bond donors (Lipinski definition) is 1. The fourth-order valence-corrected chi connectivity index (χ4v) is 2.78. The maximum Gasteiger partial charge on any atom is 0.271 e. The number of carbonyl (C=O) groups is 1. The van der Waals surface area contributed by atoms with Crippen molar-refractivity contribution >= 4 is 33.2 Å². The van der Waals surface area contributed by atoms with Gasteiger partial charge in [0.25, 0.3) is 11.6 Å². The Labute approximate surface area is 125 Å². The van der Waals surface area contributed by atoms with Crippen molar-refractivity contribution in [3.8, 4) is 0 Å². The molecule has 1 rings (SSSR count). The topological polar surface area (TPSA) is 119 Å². The van der Waals surface area contributed by atoms with Gasteiger partial charge in [0.1, 0.15) is 4.90 Å². The van der Waals surface area contributed by atoms with Crippen LogP contribution in [0, 0.1) is 10.1 Å². The molecule has 1 aromatic rings. The summed E-state index contributed by atoms with van der Waals surface area (Å²) in [5.74, 6) is -0.626. The molecule has 0 aliphatic rings. The molecule has 1 N–H and O–H groups in total. The molecule has 0 aliphatic carbocycles. The van der Waals surface area contributed by atoms with E-state index in [0.717, 1.165) is 23.3 Å². The zero-order chi connectivity index (χ0) is 16.2. The smallest absolute Gasteiger partial charge is 0.271 e. The molecular formula is C10H12ClN3O6S. The zero-order valence-electron chi connectivity index (χ0n) is 11.1. The minimum Gasteiger partial charge on any atom is -0.275 e. The van der Waals surface area contributed by atoms with Crippen LogP contribution in [0.25, 0.3) is 0 Å². The number of amides is 1. The molecule has 0 saturated heterocycles. The summed E-state index contributed by atoms with van der Waals surface area (Å²) in [5.41, 5.74) is -0.339. The number of nitrogens with one attached hydrogen (secondary N) is 1. The average molecular weight is 338 g/mol. The Morgan fingerprint density at radius 3 is 2.62 bits per heavy atom. The summed E-state index contributed by atoms with van der Waals surface area (Å²) >= 11 is 5.72. The molecular weight excluding hydrogens is 326 g/mol. The second kappa shape index (κ2) is 6.80. The van der Waals surface area contributed by atoms with E-state index in [0.29, 0.717) is 0 Å². The summed E-state index contributed by atoms with van der Waals surface area (Å²) in [5, 5.41) is 11.1. The number of nitrogens with zero attached hydrogens (tertiary/aromatic N) is 2. The third-order valence-corrected chi connectivity index (χ3v) is 4.34. The molecule has 0 spiro atoms. The number of nitro benzene ring substituents is 1. The van der Waals surface area contributed by atoms with Crippen LogP contribution in [0.2, 0.25) is 5.02 Å². The van der Waals surface area contributed by atoms with Crippen molar-refractivity contribution in [1.82, 2.24) is 9.79 Å². The molecule has 0 fully saturated rings. The quantitative estimate of drug-likeness (QED) is 0.598. The fourth-order valence-electron chi connectivity index (χ4n) is 1.27. The molecule has 0 radical (unpaired) electrons. The van der Waals surface area contributed by atoms with E-state index >= 15 is 0 Å². The molecule has 0 aliphatic heterocycles. The van der Waals surface area contributed by atoms with Crippen molar-refractivity contribution < 1.29 is 23.0 Å². The zero-order valence-corrected chi connectivity index (χ0v) is 12.6. The van der Waals surface area contributed by atoms with E-state index in [1.807, 2.05) is 4.72 Å². The molecule has 0 atom stereocenters. The Morgan fingerprint density at radius 1 is 1.52 bits per heavy atom. The van der Waals surface area contributed by atoms with Gasteiger partial charge in [0, 0.05) is 19.2 Å². The molecule has 21 heavy (non-hydrogen) atoms. The third kappa shape index (κ3) is 4.36. The first kappa shape index (κ1) is 17.3. The van der Waals surface area contributed by atoms with E-state index in [9.17, 15) is 23.3 Å². The summed E-state index contributed by atoms with van der Waals surface area (Å²) in [6, 6.07) is 2.91. The molecule has 116 valence electrons. The number of hydrogen-bond acceptors (Lipinski definition) is 6. The number of benzene rings is 1. The number of sulfonamides is 1. The number of likely N-dealkylation sites (N-methyl/N-ethyl adjacent to an activating group) is 1. The highest BCUT2D eigenvalue weighted by atomic mass is 35.5. The Balaban J connectivity index is 2.94. The molecule has 1 amide bonds. The van der Waals surface area contributed by atoms with Crippen LogP contribution < -0.4 is 4.72 Å². The summed E-state index contributed by atoms with van der Waals surface area (Å²) in [6.07, 6.45) is 0. The largest absolute Gasteiger partial charge is 0.275 e. The normalized spacial score (nSPS) is 11.2. The summed E-state index contributed by atoms with van der Waals surface area (Å²) < 4.78 is 26.0. The van der Waals surface area contributed by atoms with Gasteiger partial charge in [0.2, 0.25) is 10.0 Å². The Bertz CT molecular complexity index is 663. The van der Waals surface area contributed by atoms with E-state index in [1.54, 1.807) is 0 Å². The third-order valence-electron chi connectivity index (χ3n) is 2.45. The highest BCUT2D eigenvalue weighted by Crippen LogP contribution is 2.25. The molecule has 0 heterocycles. The summed E-state index contributed by atoms with van der Waals surface area (Å²) in [7, 11) is -1.51. The van der Waals surface area contributed by atoms with E-state index in [4.69, 9.17) is 11.6 Å². The van der Waals surface area contributed by atoms with E-state index in [1.165, 1.54) is 14.2 Å². The lowest BCUT2D eigenvalue weighted by molar-refractivity contribution is -0.384. The SMILES string of the molecule is CON(C)C(=O)CNS(=O)(=O)c1ccc([N+](=O)[O-])cc1Cl. The van der Waals surface area contributed by atoms with Crippen molar-refractivity contribution in [1.29, 1.82) is 0 Å². The Morgan fingerprint density at radius 2 is 2.14 bits per heavy atom. The lowest BCUT2D eigenvalue weighted by atomic mass is 10.3. The Kier molecular flexibility index (Phi) is 5.61. The molecule has 9 nitrogen and oxygen atoms in total. The van der Waals surface area contributed by atoms with E-state index < -0.39 is 27.4 Å². The number of rotatable bonds is 6. The van der Waals surface area contributed by atoms with Crippen molar-refractivity contribution in [2.75, 3.05) is 20.7 Å². The highest BCUT2D eigenvalue weighted by molar-refractivity contribution is 7.89. The first-order valence-corrected chi connectivity index (χ1v) is 7.29. The predicted octanol–water partition coefficient (Wildman–Crippen LogP) is 0.546. The van der Waals surface area contributed by atoms with Gasteiger partial charge in [-0.3, -0.25) is 19.7 Å². The van der Waals surface area contributed by atoms with Gasteiger partial charge < -0.3 is 0 Å². The van der Waals surface area contributed by atoms with Crippen LogP contribution in [-0.4, -0.2) is 45.0 Å². The Hall–Kier alpha value is -1.75. The minimum atomic E-state index is -4.08. The van der Waals surface area contributed by atoms with Gasteiger partial charge in [-0.2, -0.15) is 0 Å². The first-order valence-electron chi connectivity index (χ1n) is 5.43. The number of halogens is 1. The van der Waals surface area contributed by atoms with Crippen LogP contribution in [0.5, 0.6) is 0 Å². The van der Waals surface area contributed by atoms with Gasteiger partial charge in [-0.15, -0.1) is 0 Å². The predicted molar refractivity (Wildman–Crippen MR) is 73.1 cm³/mol. The fraction of sp³-hybridized carbons (Fsp3) is 0.300. The summed E-state index contributed by atoms with van der Waals surface area (Å²) in [4.78, 5) is 25.5. The van der Waals surface area contributed by atoms with Gasteiger partial charge in [-0.05, 0) is 6.07 Å². The second-order valence-corrected chi connectivity index (χ2v) is 5.91. The molecule has 0 aromatic heterocycles. The number of carbonyl (C=O) groups excluding carboxylic acids is 1. The monoisotopic (exact) mass is 337 g/mol. The van der Waals surface area contributed by atoms with Gasteiger partial charge in [-0.25, -0.2) is 18.2 Å². The van der Waals surface area contributed by atoms with Gasteiger partial charge in [0.15, 0.2) is 0 Å². The second-order valence-electron chi connectivity index (χ2n) is 3.77. The number of non-ortho nitro benzene ring substituents is 1. The molecule has 0 unspecified atom stereocenters. The molecule has 0 bridgehead atoms. The van der Waals surface area contributed by atoms with Gasteiger partial charge >= 0.3 is 0 Å². The van der Waals surface area contributed by atoms with Crippen LogP contribution >= 0.6 is 11.6 Å². The van der Waals surface area contributed by atoms with Crippen LogP contribution in [0.3, 0.4) is 0 Å². The van der Waals surface area contributed by atoms with Crippen LogP contribution in [-0.2, 0) is 19.7 Å². The standard InChI is InChI=1S/C10H12ClN3O6S/c1-13(20-2)10(15)6-12-21(18,19)9-4-3-7(14(16)17)5-8(9)11/h3-5,12H,6H2,1-2H3. The van der Waals surface area contributed by atoms with E-state index in [2.05, 4.69) is 4.84 Å². The average Bonchev–Trinajstić information content (AvgIpc) is 2.43. The van der Waals surface area contributed by atoms with Crippen LogP contribution in [0.15, 0.2) is 23.1 Å². The van der Waals surface area contributed by atoms with Crippen molar-refractivity contribution in [3.63, 3.8) is 0 Å². The maximum absolute atomic E-state index is 12.0.